The summed E-state index contributed by atoms with van der Waals surface area (Å²) < 4.78 is 1.89. The molecule has 7 heteroatoms. The number of rotatable bonds is 7. The smallest absolute Gasteiger partial charge is 0.193 e. The summed E-state index contributed by atoms with van der Waals surface area (Å²) in [7, 11) is 1.98. The molecule has 1 aliphatic rings. The molecule has 1 aromatic heterocycles. The van der Waals surface area contributed by atoms with Crippen LogP contribution in [0.25, 0.3) is 0 Å². The van der Waals surface area contributed by atoms with Gasteiger partial charge in [0, 0.05) is 57.6 Å². The van der Waals surface area contributed by atoms with Crippen molar-refractivity contribution in [1.82, 2.24) is 20.0 Å². The number of guanidine groups is 1. The van der Waals surface area contributed by atoms with E-state index in [4.69, 9.17) is 4.99 Å². The molecule has 2 heterocycles. The summed E-state index contributed by atoms with van der Waals surface area (Å²) in [6.45, 7) is 12.2. The highest BCUT2D eigenvalue weighted by Crippen LogP contribution is 2.26. The van der Waals surface area contributed by atoms with E-state index in [0.717, 1.165) is 51.6 Å². The Morgan fingerprint density at radius 3 is 2.76 bits per heavy atom. The van der Waals surface area contributed by atoms with Crippen LogP contribution < -0.4 is 10.2 Å². The van der Waals surface area contributed by atoms with Crippen molar-refractivity contribution >= 4 is 35.6 Å². The zero-order chi connectivity index (χ0) is 19.9. The number of benzene rings is 1. The van der Waals surface area contributed by atoms with Crippen molar-refractivity contribution in [3.63, 3.8) is 0 Å². The highest BCUT2D eigenvalue weighted by molar-refractivity contribution is 14.0. The average Bonchev–Trinajstić information content (AvgIpc) is 3.34. The summed E-state index contributed by atoms with van der Waals surface area (Å²) in [5.74, 6) is 1.58. The predicted molar refractivity (Wildman–Crippen MR) is 133 cm³/mol. The van der Waals surface area contributed by atoms with Crippen molar-refractivity contribution in [3.8, 4) is 0 Å². The van der Waals surface area contributed by atoms with Crippen LogP contribution in [-0.4, -0.2) is 59.9 Å². The maximum Gasteiger partial charge on any atom is 0.193 e. The van der Waals surface area contributed by atoms with Crippen LogP contribution in [0.1, 0.15) is 37.3 Å². The van der Waals surface area contributed by atoms with Gasteiger partial charge in [0.15, 0.2) is 5.96 Å². The van der Waals surface area contributed by atoms with Crippen molar-refractivity contribution in [3.05, 3.63) is 47.8 Å². The van der Waals surface area contributed by atoms with Crippen molar-refractivity contribution in [2.45, 2.75) is 33.1 Å². The molecule has 1 atom stereocenters. The quantitative estimate of drug-likeness (QED) is 0.351. The van der Waals surface area contributed by atoms with E-state index in [-0.39, 0.29) is 24.0 Å². The molecule has 0 radical (unpaired) electrons. The van der Waals surface area contributed by atoms with Gasteiger partial charge in [0.2, 0.25) is 0 Å². The summed E-state index contributed by atoms with van der Waals surface area (Å²) in [6.07, 6.45) is 5.29. The molecule has 0 spiro atoms. The van der Waals surface area contributed by atoms with Gasteiger partial charge in [0.05, 0.1) is 12.7 Å². The van der Waals surface area contributed by atoms with Crippen LogP contribution in [0, 0.1) is 6.92 Å². The fourth-order valence-electron chi connectivity index (χ4n) is 3.95. The molecule has 6 nitrogen and oxygen atoms in total. The molecule has 3 rings (SSSR count). The van der Waals surface area contributed by atoms with Crippen LogP contribution in [0.15, 0.2) is 41.7 Å². The molecule has 2 aromatic rings. The molecular weight excluding hydrogens is 475 g/mol. The van der Waals surface area contributed by atoms with Gasteiger partial charge in [0.1, 0.15) is 0 Å². The molecule has 0 saturated carbocycles. The van der Waals surface area contributed by atoms with Crippen LogP contribution >= 0.6 is 24.0 Å². The lowest BCUT2D eigenvalue weighted by molar-refractivity contribution is 0.486. The SMILES string of the molecule is CCNC(=NCCN(CC)c1ccccc1C)N1CCC(c2cnn(C)c2)C1.I. The molecule has 1 unspecified atom stereocenters. The number of aromatic nitrogens is 2. The molecule has 1 N–H and O–H groups in total. The van der Waals surface area contributed by atoms with Gasteiger partial charge in [-0.15, -0.1) is 24.0 Å². The van der Waals surface area contributed by atoms with Gasteiger partial charge >= 0.3 is 0 Å². The monoisotopic (exact) mass is 510 g/mol. The topological polar surface area (TPSA) is 48.7 Å². The standard InChI is InChI=1S/C22H34N6.HI/c1-5-23-22(28-13-11-19(17-28)20-15-25-26(4)16-20)24-12-14-27(6-2)21-10-8-7-9-18(21)3;/h7-10,15-16,19H,5-6,11-14,17H2,1-4H3,(H,23,24);1H. The third kappa shape index (κ3) is 6.10. The lowest BCUT2D eigenvalue weighted by atomic mass is 10.0. The van der Waals surface area contributed by atoms with Crippen LogP contribution in [0.5, 0.6) is 0 Å². The maximum atomic E-state index is 4.94. The molecule has 1 saturated heterocycles. The van der Waals surface area contributed by atoms with Crippen LogP contribution in [0.2, 0.25) is 0 Å². The Balaban J connectivity index is 0.00000300. The largest absolute Gasteiger partial charge is 0.370 e. The van der Waals surface area contributed by atoms with Crippen LogP contribution in [0.3, 0.4) is 0 Å². The van der Waals surface area contributed by atoms with Gasteiger partial charge in [-0.25, -0.2) is 0 Å². The third-order valence-corrected chi connectivity index (χ3v) is 5.49. The first kappa shape index (κ1) is 23.5. The lowest BCUT2D eigenvalue weighted by Gasteiger charge is -2.25. The first-order valence-corrected chi connectivity index (χ1v) is 10.4. The Hall–Kier alpha value is -1.77. The summed E-state index contributed by atoms with van der Waals surface area (Å²) in [6, 6.07) is 8.59. The highest BCUT2D eigenvalue weighted by Gasteiger charge is 2.26. The van der Waals surface area contributed by atoms with E-state index in [0.29, 0.717) is 5.92 Å². The number of aryl methyl sites for hydroxylation is 2. The normalized spacial score (nSPS) is 16.6. The fourth-order valence-corrected chi connectivity index (χ4v) is 3.95. The summed E-state index contributed by atoms with van der Waals surface area (Å²) in [5.41, 5.74) is 3.96. The number of aliphatic imine (C=N–C) groups is 1. The van der Waals surface area contributed by atoms with Gasteiger partial charge in [-0.2, -0.15) is 5.10 Å². The molecule has 1 fully saturated rings. The maximum absolute atomic E-state index is 4.94. The van der Waals surface area contributed by atoms with Gasteiger partial charge in [-0.3, -0.25) is 9.67 Å². The van der Waals surface area contributed by atoms with E-state index < -0.39 is 0 Å². The first-order chi connectivity index (χ1) is 13.6. The summed E-state index contributed by atoms with van der Waals surface area (Å²) >= 11 is 0. The summed E-state index contributed by atoms with van der Waals surface area (Å²) in [5, 5.41) is 7.81. The zero-order valence-electron chi connectivity index (χ0n) is 18.1. The molecule has 29 heavy (non-hydrogen) atoms. The van der Waals surface area contributed by atoms with Crippen molar-refractivity contribution in [2.24, 2.45) is 12.0 Å². The number of hydrogen-bond acceptors (Lipinski definition) is 3. The minimum absolute atomic E-state index is 0. The van der Waals surface area contributed by atoms with E-state index in [9.17, 15) is 0 Å². The van der Waals surface area contributed by atoms with Crippen LogP contribution in [0.4, 0.5) is 5.69 Å². The molecule has 0 amide bonds. The van der Waals surface area contributed by atoms with E-state index in [2.05, 4.69) is 71.4 Å². The molecule has 0 aliphatic carbocycles. The second-order valence-corrected chi connectivity index (χ2v) is 7.48. The van der Waals surface area contributed by atoms with E-state index in [1.165, 1.54) is 16.8 Å². The minimum Gasteiger partial charge on any atom is -0.370 e. The van der Waals surface area contributed by atoms with E-state index >= 15 is 0 Å². The van der Waals surface area contributed by atoms with Crippen molar-refractivity contribution < 1.29 is 0 Å². The molecule has 160 valence electrons. The van der Waals surface area contributed by atoms with Crippen molar-refractivity contribution in [1.29, 1.82) is 0 Å². The highest BCUT2D eigenvalue weighted by atomic mass is 127. The lowest BCUT2D eigenvalue weighted by Crippen LogP contribution is -2.40. The molecule has 0 bridgehead atoms. The number of halogens is 1. The third-order valence-electron chi connectivity index (χ3n) is 5.49. The van der Waals surface area contributed by atoms with E-state index in [1.807, 2.05) is 17.9 Å². The average molecular weight is 510 g/mol. The Morgan fingerprint density at radius 2 is 2.10 bits per heavy atom. The Labute approximate surface area is 192 Å². The van der Waals surface area contributed by atoms with Gasteiger partial charge in [-0.1, -0.05) is 18.2 Å². The molecule has 1 aliphatic heterocycles. The molecular formula is C22H35IN6. The Kier molecular flexibility index (Phi) is 9.26. The first-order valence-electron chi connectivity index (χ1n) is 10.4. The summed E-state index contributed by atoms with van der Waals surface area (Å²) in [4.78, 5) is 9.74. The number of anilines is 1. The van der Waals surface area contributed by atoms with Gasteiger partial charge in [0.25, 0.3) is 0 Å². The van der Waals surface area contributed by atoms with Crippen LogP contribution in [-0.2, 0) is 7.05 Å². The second kappa shape index (κ2) is 11.4. The second-order valence-electron chi connectivity index (χ2n) is 7.48. The number of nitrogens with one attached hydrogen (secondary N) is 1. The Bertz CT molecular complexity index is 787. The Morgan fingerprint density at radius 1 is 1.31 bits per heavy atom. The number of hydrogen-bond donors (Lipinski definition) is 1. The number of para-hydroxylation sites is 1. The molecule has 1 aromatic carbocycles. The van der Waals surface area contributed by atoms with Gasteiger partial charge < -0.3 is 15.1 Å². The fraction of sp³-hybridized carbons (Fsp3) is 0.545. The number of likely N-dealkylation sites (N-methyl/N-ethyl adjacent to an activating group) is 1. The van der Waals surface area contributed by atoms with Gasteiger partial charge in [-0.05, 0) is 44.4 Å². The predicted octanol–water partition coefficient (Wildman–Crippen LogP) is 3.63. The van der Waals surface area contributed by atoms with E-state index in [1.54, 1.807) is 0 Å². The number of nitrogens with zero attached hydrogens (tertiary/aromatic N) is 5. The zero-order valence-corrected chi connectivity index (χ0v) is 20.5. The van der Waals surface area contributed by atoms with Crippen molar-refractivity contribution in [2.75, 3.05) is 44.2 Å². The number of likely N-dealkylation sites (tertiary alicyclic amines) is 1. The minimum atomic E-state index is 0.